The number of hydrogen-bond donors (Lipinski definition) is 2. The molecule has 1 amide bonds. The van der Waals surface area contributed by atoms with Crippen molar-refractivity contribution >= 4 is 40.7 Å². The topological polar surface area (TPSA) is 80.9 Å². The van der Waals surface area contributed by atoms with Crippen LogP contribution >= 0.6 is 23.2 Å². The van der Waals surface area contributed by atoms with Gasteiger partial charge in [0.2, 0.25) is 5.95 Å². The number of anilines is 2. The van der Waals surface area contributed by atoms with Gasteiger partial charge in [0.25, 0.3) is 5.91 Å². The highest BCUT2D eigenvalue weighted by Crippen LogP contribution is 2.22. The Morgan fingerprint density at radius 2 is 2.06 bits per heavy atom. The van der Waals surface area contributed by atoms with Crippen molar-refractivity contribution in [3.63, 3.8) is 0 Å². The van der Waals surface area contributed by atoms with Gasteiger partial charge in [0.15, 0.2) is 0 Å². The molecule has 0 aliphatic rings. The number of hydrogen-bond acceptors (Lipinski definition) is 4. The Morgan fingerprint density at radius 3 is 2.72 bits per heavy atom. The smallest absolute Gasteiger partial charge is 0.261 e. The second-order valence-electron chi connectivity index (χ2n) is 3.36. The Bertz CT molecular complexity index is 583. The number of benzene rings is 1. The molecule has 0 atom stereocenters. The Morgan fingerprint density at radius 1 is 1.28 bits per heavy atom. The van der Waals surface area contributed by atoms with Crippen LogP contribution in [0.1, 0.15) is 10.4 Å². The van der Waals surface area contributed by atoms with Crippen LogP contribution in [0.3, 0.4) is 0 Å². The molecule has 18 heavy (non-hydrogen) atoms. The molecule has 3 N–H and O–H groups in total. The van der Waals surface area contributed by atoms with Gasteiger partial charge in [-0.3, -0.25) is 10.1 Å². The van der Waals surface area contributed by atoms with E-state index in [9.17, 15) is 4.79 Å². The van der Waals surface area contributed by atoms with E-state index < -0.39 is 5.91 Å². The van der Waals surface area contributed by atoms with Crippen molar-refractivity contribution in [1.82, 2.24) is 9.97 Å². The van der Waals surface area contributed by atoms with Crippen molar-refractivity contribution < 1.29 is 4.79 Å². The van der Waals surface area contributed by atoms with Crippen LogP contribution < -0.4 is 11.1 Å². The minimum atomic E-state index is -0.486. The molecule has 0 radical (unpaired) electrons. The normalized spacial score (nSPS) is 10.1. The number of nitrogens with one attached hydrogen (secondary N) is 1. The van der Waals surface area contributed by atoms with E-state index in [1.165, 1.54) is 12.3 Å². The maximum absolute atomic E-state index is 12.0. The van der Waals surface area contributed by atoms with E-state index in [1.807, 2.05) is 0 Å². The molecule has 0 saturated heterocycles. The molecule has 1 heterocycles. The van der Waals surface area contributed by atoms with Crippen molar-refractivity contribution in [2.45, 2.75) is 0 Å². The minimum Gasteiger partial charge on any atom is -0.398 e. The van der Waals surface area contributed by atoms with Crippen LogP contribution in [0.4, 0.5) is 11.6 Å². The van der Waals surface area contributed by atoms with Gasteiger partial charge >= 0.3 is 0 Å². The first kappa shape index (κ1) is 12.6. The number of carbonyl (C=O) groups is 1. The molecule has 0 bridgehead atoms. The number of nitrogens with zero attached hydrogens (tertiary/aromatic N) is 2. The highest BCUT2D eigenvalue weighted by molar-refractivity contribution is 6.35. The number of nitrogens with two attached hydrogens (primary N) is 1. The quantitative estimate of drug-likeness (QED) is 0.655. The third kappa shape index (κ3) is 2.69. The molecule has 0 spiro atoms. The lowest BCUT2D eigenvalue weighted by Crippen LogP contribution is -2.16. The number of amides is 1. The lowest BCUT2D eigenvalue weighted by Gasteiger charge is -2.07. The summed E-state index contributed by atoms with van der Waals surface area (Å²) in [5.74, 6) is -0.396. The summed E-state index contributed by atoms with van der Waals surface area (Å²) < 4.78 is 0. The number of halogens is 2. The molecule has 2 aromatic rings. The van der Waals surface area contributed by atoms with E-state index in [0.717, 1.165) is 0 Å². The average molecular weight is 283 g/mol. The summed E-state index contributed by atoms with van der Waals surface area (Å²) >= 11 is 11.6. The first-order valence-electron chi connectivity index (χ1n) is 4.92. The summed E-state index contributed by atoms with van der Waals surface area (Å²) in [6, 6.07) is 6.32. The van der Waals surface area contributed by atoms with Crippen LogP contribution in [-0.2, 0) is 0 Å². The van der Waals surface area contributed by atoms with Gasteiger partial charge in [0.1, 0.15) is 5.15 Å². The summed E-state index contributed by atoms with van der Waals surface area (Å²) in [7, 11) is 0. The molecule has 0 unspecified atom stereocenters. The number of carbonyl (C=O) groups excluding carboxylic acids is 1. The molecule has 1 aromatic carbocycles. The Balaban J connectivity index is 2.28. The lowest BCUT2D eigenvalue weighted by atomic mass is 10.1. The minimum absolute atomic E-state index is 0.0896. The molecule has 92 valence electrons. The SMILES string of the molecule is Nc1cccc(Cl)c1C(=O)Nc1nccc(Cl)n1. The van der Waals surface area contributed by atoms with Crippen LogP contribution in [0.5, 0.6) is 0 Å². The van der Waals surface area contributed by atoms with Crippen molar-refractivity contribution in [2.24, 2.45) is 0 Å². The van der Waals surface area contributed by atoms with Gasteiger partial charge in [-0.2, -0.15) is 0 Å². The standard InChI is InChI=1S/C11H8Cl2N4O/c12-6-2-1-3-7(14)9(6)10(18)17-11-15-5-4-8(13)16-11/h1-5H,14H2,(H,15,16,17,18). The third-order valence-corrected chi connectivity index (χ3v) is 2.65. The first-order chi connectivity index (χ1) is 8.58. The van der Waals surface area contributed by atoms with Crippen LogP contribution in [-0.4, -0.2) is 15.9 Å². The van der Waals surface area contributed by atoms with Crippen LogP contribution in [0.25, 0.3) is 0 Å². The summed E-state index contributed by atoms with van der Waals surface area (Å²) in [6.45, 7) is 0. The fraction of sp³-hybridized carbons (Fsp3) is 0. The van der Waals surface area contributed by atoms with Gasteiger partial charge in [-0.1, -0.05) is 29.3 Å². The monoisotopic (exact) mass is 282 g/mol. The molecule has 0 fully saturated rings. The molecular formula is C11H8Cl2N4O. The van der Waals surface area contributed by atoms with E-state index in [-0.39, 0.29) is 27.4 Å². The van der Waals surface area contributed by atoms with Crippen LogP contribution in [0.15, 0.2) is 30.5 Å². The molecule has 0 saturated carbocycles. The fourth-order valence-corrected chi connectivity index (χ4v) is 1.75. The zero-order valence-corrected chi connectivity index (χ0v) is 10.5. The second-order valence-corrected chi connectivity index (χ2v) is 4.16. The van der Waals surface area contributed by atoms with Crippen molar-refractivity contribution in [3.8, 4) is 0 Å². The van der Waals surface area contributed by atoms with E-state index in [0.29, 0.717) is 0 Å². The Hall–Kier alpha value is -1.85. The van der Waals surface area contributed by atoms with Gasteiger partial charge in [-0.15, -0.1) is 0 Å². The predicted octanol–water partition coefficient (Wildman–Crippen LogP) is 2.62. The average Bonchev–Trinajstić information content (AvgIpc) is 2.28. The van der Waals surface area contributed by atoms with Gasteiger partial charge < -0.3 is 5.73 Å². The summed E-state index contributed by atoms with van der Waals surface area (Å²) in [4.78, 5) is 19.7. The molecule has 7 heteroatoms. The molecular weight excluding hydrogens is 275 g/mol. The first-order valence-corrected chi connectivity index (χ1v) is 5.67. The Labute approximate surface area is 113 Å². The maximum Gasteiger partial charge on any atom is 0.261 e. The Kier molecular flexibility index (Phi) is 3.64. The van der Waals surface area contributed by atoms with Crippen molar-refractivity contribution in [1.29, 1.82) is 0 Å². The summed E-state index contributed by atoms with van der Waals surface area (Å²) in [5.41, 5.74) is 6.16. The number of aromatic nitrogens is 2. The molecule has 2 rings (SSSR count). The predicted molar refractivity (Wildman–Crippen MR) is 70.9 cm³/mol. The van der Waals surface area contributed by atoms with Gasteiger partial charge in [-0.25, -0.2) is 9.97 Å². The fourth-order valence-electron chi connectivity index (χ4n) is 1.34. The van der Waals surface area contributed by atoms with Crippen LogP contribution in [0, 0.1) is 0 Å². The third-order valence-electron chi connectivity index (χ3n) is 2.12. The van der Waals surface area contributed by atoms with Crippen molar-refractivity contribution in [2.75, 3.05) is 11.1 Å². The van der Waals surface area contributed by atoms with Crippen LogP contribution in [0.2, 0.25) is 10.2 Å². The zero-order chi connectivity index (χ0) is 13.1. The summed E-state index contributed by atoms with van der Waals surface area (Å²) in [6.07, 6.45) is 1.43. The van der Waals surface area contributed by atoms with Gasteiger partial charge in [-0.05, 0) is 18.2 Å². The molecule has 0 aliphatic carbocycles. The highest BCUT2D eigenvalue weighted by atomic mass is 35.5. The van der Waals surface area contributed by atoms with E-state index in [2.05, 4.69) is 15.3 Å². The molecule has 0 aliphatic heterocycles. The van der Waals surface area contributed by atoms with Gasteiger partial charge in [0.05, 0.1) is 10.6 Å². The molecule has 1 aromatic heterocycles. The van der Waals surface area contributed by atoms with Crippen molar-refractivity contribution in [3.05, 3.63) is 46.2 Å². The van der Waals surface area contributed by atoms with Gasteiger partial charge in [0, 0.05) is 11.9 Å². The zero-order valence-electron chi connectivity index (χ0n) is 9.02. The van der Waals surface area contributed by atoms with E-state index in [1.54, 1.807) is 18.2 Å². The lowest BCUT2D eigenvalue weighted by molar-refractivity contribution is 0.102. The molecule has 5 nitrogen and oxygen atoms in total. The summed E-state index contributed by atoms with van der Waals surface area (Å²) in [5, 5.41) is 2.96. The maximum atomic E-state index is 12.0. The van der Waals surface area contributed by atoms with E-state index >= 15 is 0 Å². The number of rotatable bonds is 2. The second kappa shape index (κ2) is 5.20. The largest absolute Gasteiger partial charge is 0.398 e. The van der Waals surface area contributed by atoms with E-state index in [4.69, 9.17) is 28.9 Å². The number of nitrogen functional groups attached to an aromatic ring is 1. The highest BCUT2D eigenvalue weighted by Gasteiger charge is 2.15.